The van der Waals surface area contributed by atoms with Crippen LogP contribution in [-0.4, -0.2) is 35.5 Å². The number of allylic oxidation sites excluding steroid dienone is 4. The first-order valence-corrected chi connectivity index (χ1v) is 11.9. The molecule has 3 aliphatic carbocycles. The first-order chi connectivity index (χ1) is 14.4. The van der Waals surface area contributed by atoms with E-state index in [1.807, 2.05) is 5.01 Å². The molecule has 2 aliphatic heterocycles. The molecule has 0 amide bonds. The van der Waals surface area contributed by atoms with Gasteiger partial charge in [-0.2, -0.15) is 0 Å². The van der Waals surface area contributed by atoms with E-state index in [1.165, 1.54) is 5.57 Å². The fourth-order valence-corrected chi connectivity index (χ4v) is 6.82. The van der Waals surface area contributed by atoms with Gasteiger partial charge in [0.25, 0.3) is 0 Å². The second-order valence-corrected chi connectivity index (χ2v) is 10.6. The Balaban J connectivity index is 1.61. The topological polar surface area (TPSA) is 61.8 Å². The maximum Gasteiger partial charge on any atom is 0.317 e. The summed E-state index contributed by atoms with van der Waals surface area (Å²) in [7, 11) is 0. The van der Waals surface area contributed by atoms with Crippen molar-refractivity contribution in [2.24, 2.45) is 47.3 Å². The highest BCUT2D eigenvalue weighted by molar-refractivity contribution is 5.81. The van der Waals surface area contributed by atoms with E-state index in [-0.39, 0.29) is 17.8 Å². The minimum absolute atomic E-state index is 0.0859. The van der Waals surface area contributed by atoms with Crippen LogP contribution in [0.5, 0.6) is 0 Å². The fraction of sp³-hybridized carbons (Fsp3) is 0.720. The Bertz CT molecular complexity index is 813. The maximum atomic E-state index is 13.4. The van der Waals surface area contributed by atoms with E-state index >= 15 is 0 Å². The summed E-state index contributed by atoms with van der Waals surface area (Å²) in [6.07, 6.45) is 9.62. The van der Waals surface area contributed by atoms with Gasteiger partial charge < -0.3 is 9.84 Å². The van der Waals surface area contributed by atoms with Gasteiger partial charge in [0.05, 0.1) is 6.61 Å². The Kier molecular flexibility index (Phi) is 5.10. The zero-order valence-corrected chi connectivity index (χ0v) is 18.7. The van der Waals surface area contributed by atoms with Crippen molar-refractivity contribution in [1.82, 2.24) is 10.4 Å². The SMILES string of the molecule is CC(C)COC(=O)C1C2=CCC3C4CC=C[C@H]3[C@@H](C)CNN3C(=C1C(C)[C@H]3O)CC24. The van der Waals surface area contributed by atoms with Crippen molar-refractivity contribution in [2.75, 3.05) is 13.2 Å². The van der Waals surface area contributed by atoms with Crippen LogP contribution in [0, 0.1) is 47.3 Å². The molecule has 5 aliphatic rings. The van der Waals surface area contributed by atoms with Gasteiger partial charge in [-0.3, -0.25) is 9.80 Å². The summed E-state index contributed by atoms with van der Waals surface area (Å²) in [4.78, 5) is 13.4. The van der Waals surface area contributed by atoms with Crippen LogP contribution in [0.4, 0.5) is 0 Å². The third-order valence-electron chi connectivity index (χ3n) is 8.30. The van der Waals surface area contributed by atoms with Crippen molar-refractivity contribution in [3.8, 4) is 0 Å². The van der Waals surface area contributed by atoms with E-state index in [9.17, 15) is 9.90 Å². The first kappa shape index (κ1) is 20.3. The Morgan fingerprint density at radius 2 is 2.10 bits per heavy atom. The molecule has 0 radical (unpaired) electrons. The lowest BCUT2D eigenvalue weighted by atomic mass is 9.56. The summed E-state index contributed by atoms with van der Waals surface area (Å²) in [6, 6.07) is 0. The van der Waals surface area contributed by atoms with Crippen LogP contribution in [0.15, 0.2) is 35.1 Å². The number of carbonyl (C=O) groups is 1. The number of aliphatic hydroxyl groups excluding tert-OH is 1. The smallest absolute Gasteiger partial charge is 0.317 e. The molecule has 5 rings (SSSR count). The molecule has 2 heterocycles. The van der Waals surface area contributed by atoms with Gasteiger partial charge in [0, 0.05) is 18.2 Å². The Morgan fingerprint density at radius 1 is 1.30 bits per heavy atom. The number of hydrogen-bond acceptors (Lipinski definition) is 5. The molecule has 1 fully saturated rings. The summed E-state index contributed by atoms with van der Waals surface area (Å²) in [5, 5.41) is 13.1. The second-order valence-electron chi connectivity index (χ2n) is 10.6. The van der Waals surface area contributed by atoms with Crippen molar-refractivity contribution in [1.29, 1.82) is 0 Å². The molecule has 0 saturated carbocycles. The van der Waals surface area contributed by atoms with Crippen LogP contribution in [0.25, 0.3) is 0 Å². The molecule has 1 saturated heterocycles. The van der Waals surface area contributed by atoms with E-state index in [4.69, 9.17) is 4.74 Å². The quantitative estimate of drug-likeness (QED) is 0.547. The number of ether oxygens (including phenoxy) is 1. The highest BCUT2D eigenvalue weighted by Gasteiger charge is 2.53. The van der Waals surface area contributed by atoms with Crippen molar-refractivity contribution in [3.05, 3.63) is 35.1 Å². The molecular weight excluding hydrogens is 376 g/mol. The Hall–Kier alpha value is -1.59. The van der Waals surface area contributed by atoms with Gasteiger partial charge in [-0.05, 0) is 60.3 Å². The highest BCUT2D eigenvalue weighted by atomic mass is 16.5. The maximum absolute atomic E-state index is 13.4. The van der Waals surface area contributed by atoms with E-state index in [1.54, 1.807) is 0 Å². The van der Waals surface area contributed by atoms with Gasteiger partial charge in [-0.15, -0.1) is 0 Å². The zero-order chi connectivity index (χ0) is 21.2. The second kappa shape index (κ2) is 7.52. The van der Waals surface area contributed by atoms with Crippen molar-refractivity contribution in [2.45, 2.75) is 53.2 Å². The molecule has 0 aromatic heterocycles. The molecule has 0 spiro atoms. The average molecular weight is 413 g/mol. The summed E-state index contributed by atoms with van der Waals surface area (Å²) >= 11 is 0. The van der Waals surface area contributed by atoms with Gasteiger partial charge in [-0.25, -0.2) is 5.43 Å². The molecule has 30 heavy (non-hydrogen) atoms. The van der Waals surface area contributed by atoms with Crippen LogP contribution in [0.2, 0.25) is 0 Å². The Morgan fingerprint density at radius 3 is 2.87 bits per heavy atom. The van der Waals surface area contributed by atoms with Crippen molar-refractivity contribution in [3.63, 3.8) is 0 Å². The van der Waals surface area contributed by atoms with Gasteiger partial charge in [0.1, 0.15) is 12.1 Å². The fourth-order valence-electron chi connectivity index (χ4n) is 6.82. The van der Waals surface area contributed by atoms with Crippen LogP contribution in [0.1, 0.15) is 47.0 Å². The minimum atomic E-state index is -0.631. The number of carbonyl (C=O) groups excluding carboxylic acids is 1. The predicted molar refractivity (Wildman–Crippen MR) is 116 cm³/mol. The number of hydrogen-bond donors (Lipinski definition) is 2. The van der Waals surface area contributed by atoms with Crippen LogP contribution < -0.4 is 5.43 Å². The van der Waals surface area contributed by atoms with Gasteiger partial charge in [-0.1, -0.05) is 51.5 Å². The van der Waals surface area contributed by atoms with Crippen LogP contribution in [0.3, 0.4) is 0 Å². The molecular formula is C25H36N2O3. The van der Waals surface area contributed by atoms with E-state index in [0.717, 1.165) is 37.1 Å². The summed E-state index contributed by atoms with van der Waals surface area (Å²) in [5.41, 5.74) is 7.06. The monoisotopic (exact) mass is 412 g/mol. The van der Waals surface area contributed by atoms with Crippen LogP contribution >= 0.6 is 0 Å². The third-order valence-corrected chi connectivity index (χ3v) is 8.30. The first-order valence-electron chi connectivity index (χ1n) is 11.9. The number of aliphatic hydroxyl groups is 1. The molecule has 5 nitrogen and oxygen atoms in total. The lowest BCUT2D eigenvalue weighted by Gasteiger charge is -2.49. The lowest BCUT2D eigenvalue weighted by molar-refractivity contribution is -0.147. The van der Waals surface area contributed by atoms with E-state index in [0.29, 0.717) is 42.1 Å². The summed E-state index contributed by atoms with van der Waals surface area (Å²) < 4.78 is 5.79. The molecule has 5 heteroatoms. The molecule has 0 aromatic rings. The minimum Gasteiger partial charge on any atom is -0.465 e. The van der Waals surface area contributed by atoms with Crippen LogP contribution in [-0.2, 0) is 9.53 Å². The zero-order valence-electron chi connectivity index (χ0n) is 18.7. The van der Waals surface area contributed by atoms with Crippen molar-refractivity contribution >= 4 is 5.97 Å². The molecule has 164 valence electrons. The highest BCUT2D eigenvalue weighted by Crippen LogP contribution is 2.57. The number of esters is 1. The molecule has 0 aromatic carbocycles. The largest absolute Gasteiger partial charge is 0.465 e. The lowest BCUT2D eigenvalue weighted by Crippen LogP contribution is -2.50. The summed E-state index contributed by atoms with van der Waals surface area (Å²) in [6.45, 7) is 9.81. The third kappa shape index (κ3) is 3.00. The molecule has 5 unspecified atom stereocenters. The van der Waals surface area contributed by atoms with Gasteiger partial charge >= 0.3 is 5.97 Å². The number of nitrogens with one attached hydrogen (secondary N) is 1. The molecule has 5 bridgehead atoms. The standard InChI is InChI=1S/C25H36N2O3/c1-13(2)12-30-25(29)23-19-9-8-18-16-6-5-7-17(18)20(19)10-21-22(23)15(4)24(28)27(21)26-11-14(16)3/h5-6,9,13-18,20,23-24,26,28H,7-8,10-12H2,1-4H3/t14-,15?,16-,17?,18?,20?,23?,24+/m0/s1. The van der Waals surface area contributed by atoms with Gasteiger partial charge in [0.2, 0.25) is 0 Å². The van der Waals surface area contributed by atoms with Crippen molar-refractivity contribution < 1.29 is 14.6 Å². The van der Waals surface area contributed by atoms with Gasteiger partial charge in [0.15, 0.2) is 0 Å². The van der Waals surface area contributed by atoms with E-state index in [2.05, 4.69) is 51.3 Å². The predicted octanol–water partition coefficient (Wildman–Crippen LogP) is 3.64. The number of rotatable bonds is 3. The number of nitrogens with zero attached hydrogens (tertiary/aromatic N) is 1. The summed E-state index contributed by atoms with van der Waals surface area (Å²) in [5.74, 6) is 2.39. The normalized spacial score (nSPS) is 41.9. The molecule has 2 N–H and O–H groups in total. The average Bonchev–Trinajstić information content (AvgIpc) is 2.97. The van der Waals surface area contributed by atoms with E-state index < -0.39 is 6.23 Å². The Labute approximate surface area is 180 Å². The number of hydrazine groups is 1. The molecule has 8 atom stereocenters.